The van der Waals surface area contributed by atoms with Gasteiger partial charge in [0.2, 0.25) is 0 Å². The lowest BCUT2D eigenvalue weighted by atomic mass is 9.96. The van der Waals surface area contributed by atoms with E-state index < -0.39 is 0 Å². The van der Waals surface area contributed by atoms with Crippen molar-refractivity contribution in [1.82, 2.24) is 4.57 Å². The number of aromatic nitrogens is 1. The molecule has 0 aliphatic carbocycles. The third kappa shape index (κ3) is 4.04. The number of para-hydroxylation sites is 3. The number of nitrogens with zero attached hydrogens (tertiary/aromatic N) is 2. The predicted molar refractivity (Wildman–Crippen MR) is 182 cm³/mol. The van der Waals surface area contributed by atoms with Crippen molar-refractivity contribution < 1.29 is 4.42 Å². The molecule has 0 aliphatic heterocycles. The fourth-order valence-electron chi connectivity index (χ4n) is 6.76. The summed E-state index contributed by atoms with van der Waals surface area (Å²) < 4.78 is 8.62. The highest BCUT2D eigenvalue weighted by Gasteiger charge is 2.27. The normalized spacial score (nSPS) is 12.1. The third-order valence-corrected chi connectivity index (χ3v) is 8.42. The van der Waals surface area contributed by atoms with Gasteiger partial charge in [-0.3, -0.25) is 0 Å². The monoisotopic (exact) mass is 556 g/mol. The Labute approximate surface area is 251 Å². The van der Waals surface area contributed by atoms with E-state index in [1.165, 1.54) is 38.6 Å². The van der Waals surface area contributed by atoms with Gasteiger partial charge in [0.05, 0.1) is 16.7 Å². The van der Waals surface area contributed by atoms with Crippen LogP contribution in [0.1, 0.15) is 20.8 Å². The first-order valence-electron chi connectivity index (χ1n) is 14.9. The number of anilines is 2. The maximum Gasteiger partial charge on any atom is 0.136 e. The zero-order chi connectivity index (χ0) is 29.1. The number of benzene rings is 6. The molecule has 0 N–H and O–H groups in total. The molecule has 208 valence electrons. The fourth-order valence-corrected chi connectivity index (χ4v) is 6.76. The highest BCUT2D eigenvalue weighted by atomic mass is 16.3. The first kappa shape index (κ1) is 25.4. The summed E-state index contributed by atoms with van der Waals surface area (Å²) in [6.07, 6.45) is 0. The lowest BCUT2D eigenvalue weighted by Gasteiger charge is -2.38. The summed E-state index contributed by atoms with van der Waals surface area (Å²) in [6, 6.07) is 49.7. The summed E-state index contributed by atoms with van der Waals surface area (Å²) in [7, 11) is 0. The molecule has 6 aromatic carbocycles. The van der Waals surface area contributed by atoms with E-state index in [-0.39, 0.29) is 5.54 Å². The maximum absolute atomic E-state index is 6.23. The van der Waals surface area contributed by atoms with Gasteiger partial charge in [0, 0.05) is 38.5 Å². The molecule has 8 rings (SSSR count). The lowest BCUT2D eigenvalue weighted by molar-refractivity contribution is 0.561. The lowest BCUT2D eigenvalue weighted by Crippen LogP contribution is -2.37. The van der Waals surface area contributed by atoms with Gasteiger partial charge in [-0.25, -0.2) is 0 Å². The summed E-state index contributed by atoms with van der Waals surface area (Å²) in [5, 5.41) is 4.80. The minimum absolute atomic E-state index is 0.197. The second kappa shape index (κ2) is 9.64. The third-order valence-electron chi connectivity index (χ3n) is 8.42. The summed E-state index contributed by atoms with van der Waals surface area (Å²) in [4.78, 5) is 2.49. The van der Waals surface area contributed by atoms with E-state index in [0.717, 1.165) is 33.3 Å². The molecule has 0 aliphatic rings. The van der Waals surface area contributed by atoms with Gasteiger partial charge < -0.3 is 13.9 Å². The molecule has 2 aromatic heterocycles. The molecule has 0 saturated heterocycles. The number of hydrogen-bond donors (Lipinski definition) is 0. The van der Waals surface area contributed by atoms with Crippen molar-refractivity contribution in [3.05, 3.63) is 140 Å². The Morgan fingerprint density at radius 3 is 2.07 bits per heavy atom. The summed E-state index contributed by atoms with van der Waals surface area (Å²) in [5.74, 6) is 0. The van der Waals surface area contributed by atoms with Crippen molar-refractivity contribution in [3.8, 4) is 16.8 Å². The molecular weight excluding hydrogens is 524 g/mol. The van der Waals surface area contributed by atoms with Gasteiger partial charge in [-0.1, -0.05) is 84.9 Å². The van der Waals surface area contributed by atoms with E-state index >= 15 is 0 Å². The Balaban J connectivity index is 1.37. The van der Waals surface area contributed by atoms with Gasteiger partial charge in [-0.05, 0) is 86.5 Å². The summed E-state index contributed by atoms with van der Waals surface area (Å²) >= 11 is 0. The molecule has 3 nitrogen and oxygen atoms in total. The Bertz CT molecular complexity index is 2280. The number of rotatable bonds is 4. The number of hydrogen-bond acceptors (Lipinski definition) is 2. The fraction of sp³-hybridized carbons (Fsp3) is 0.100. The Morgan fingerprint density at radius 1 is 0.558 bits per heavy atom. The maximum atomic E-state index is 6.23. The van der Waals surface area contributed by atoms with Crippen LogP contribution in [0.4, 0.5) is 11.4 Å². The van der Waals surface area contributed by atoms with Crippen molar-refractivity contribution in [3.63, 3.8) is 0 Å². The second-order valence-electron chi connectivity index (χ2n) is 12.2. The zero-order valence-corrected chi connectivity index (χ0v) is 24.6. The summed E-state index contributed by atoms with van der Waals surface area (Å²) in [5.41, 5.74) is 9.89. The van der Waals surface area contributed by atoms with Crippen LogP contribution in [0, 0.1) is 0 Å². The van der Waals surface area contributed by atoms with Crippen molar-refractivity contribution in [2.24, 2.45) is 0 Å². The molecule has 0 radical (unpaired) electrons. The molecule has 8 aromatic rings. The standard InChI is InChI=1S/C40H32N2O/c1-40(2,3)42(29-17-11-14-27(26-29)30-20-12-25-37-38(30)32-19-8-10-24-36(32)43-37)35-23-13-22-34-39(35)31-18-7-9-21-33(31)41(34)28-15-5-4-6-16-28/h4-26H,1-3H3. The van der Waals surface area contributed by atoms with Gasteiger partial charge >= 0.3 is 0 Å². The summed E-state index contributed by atoms with van der Waals surface area (Å²) in [6.45, 7) is 6.87. The van der Waals surface area contributed by atoms with E-state index in [1.807, 2.05) is 12.1 Å². The second-order valence-corrected chi connectivity index (χ2v) is 12.2. The number of furan rings is 1. The van der Waals surface area contributed by atoms with Crippen molar-refractivity contribution >= 4 is 55.1 Å². The Kier molecular flexibility index (Phi) is 5.70. The van der Waals surface area contributed by atoms with E-state index in [1.54, 1.807) is 0 Å². The van der Waals surface area contributed by atoms with E-state index in [2.05, 4.69) is 158 Å². The molecule has 2 heterocycles. The molecule has 0 saturated carbocycles. The Hall–Kier alpha value is -5.28. The molecule has 0 bridgehead atoms. The molecule has 3 heteroatoms. The SMILES string of the molecule is CC(C)(C)N(c1cccc(-c2cccc3oc4ccccc4c23)c1)c1cccc2c1c1ccccc1n2-c1ccccc1. The molecule has 0 spiro atoms. The van der Waals surface area contributed by atoms with Crippen LogP contribution in [-0.4, -0.2) is 10.1 Å². The van der Waals surface area contributed by atoms with Gasteiger partial charge in [0.25, 0.3) is 0 Å². The van der Waals surface area contributed by atoms with E-state index in [9.17, 15) is 0 Å². The van der Waals surface area contributed by atoms with Gasteiger partial charge in [-0.2, -0.15) is 0 Å². The average Bonchev–Trinajstić information content (AvgIpc) is 3.57. The van der Waals surface area contributed by atoms with Crippen LogP contribution in [0.2, 0.25) is 0 Å². The first-order chi connectivity index (χ1) is 21.0. The predicted octanol–water partition coefficient (Wildman–Crippen LogP) is 11.3. The molecule has 0 amide bonds. The number of fused-ring (bicyclic) bond motifs is 6. The largest absolute Gasteiger partial charge is 0.456 e. The van der Waals surface area contributed by atoms with Gasteiger partial charge in [0.1, 0.15) is 11.2 Å². The minimum Gasteiger partial charge on any atom is -0.456 e. The van der Waals surface area contributed by atoms with Crippen LogP contribution >= 0.6 is 0 Å². The molecule has 43 heavy (non-hydrogen) atoms. The van der Waals surface area contributed by atoms with Crippen LogP contribution in [0.5, 0.6) is 0 Å². The van der Waals surface area contributed by atoms with Crippen molar-refractivity contribution in [2.75, 3.05) is 4.90 Å². The van der Waals surface area contributed by atoms with Gasteiger partial charge in [-0.15, -0.1) is 0 Å². The highest BCUT2D eigenvalue weighted by Crippen LogP contribution is 2.44. The average molecular weight is 557 g/mol. The first-order valence-corrected chi connectivity index (χ1v) is 14.9. The molecular formula is C40H32N2O. The zero-order valence-electron chi connectivity index (χ0n) is 24.6. The van der Waals surface area contributed by atoms with Crippen LogP contribution in [0.25, 0.3) is 60.6 Å². The quantitative estimate of drug-likeness (QED) is 0.215. The molecule has 0 fully saturated rings. The van der Waals surface area contributed by atoms with Crippen molar-refractivity contribution in [2.45, 2.75) is 26.3 Å². The van der Waals surface area contributed by atoms with Crippen LogP contribution in [0.15, 0.2) is 144 Å². The Morgan fingerprint density at radius 2 is 1.23 bits per heavy atom. The van der Waals surface area contributed by atoms with E-state index in [0.29, 0.717) is 0 Å². The topological polar surface area (TPSA) is 21.3 Å². The van der Waals surface area contributed by atoms with Crippen LogP contribution < -0.4 is 4.90 Å². The molecule has 0 atom stereocenters. The minimum atomic E-state index is -0.197. The smallest absolute Gasteiger partial charge is 0.136 e. The highest BCUT2D eigenvalue weighted by molar-refractivity contribution is 6.16. The van der Waals surface area contributed by atoms with Crippen LogP contribution in [-0.2, 0) is 0 Å². The van der Waals surface area contributed by atoms with Gasteiger partial charge in [0.15, 0.2) is 0 Å². The molecule has 0 unspecified atom stereocenters. The van der Waals surface area contributed by atoms with Crippen molar-refractivity contribution in [1.29, 1.82) is 0 Å². The van der Waals surface area contributed by atoms with Crippen LogP contribution in [0.3, 0.4) is 0 Å². The van der Waals surface area contributed by atoms with E-state index in [4.69, 9.17) is 4.42 Å².